The summed E-state index contributed by atoms with van der Waals surface area (Å²) in [6, 6.07) is 8.23. The summed E-state index contributed by atoms with van der Waals surface area (Å²) in [6.07, 6.45) is -0.391. The van der Waals surface area contributed by atoms with Crippen molar-refractivity contribution in [3.8, 4) is 0 Å². The van der Waals surface area contributed by atoms with Gasteiger partial charge in [0.1, 0.15) is 19.2 Å². The average molecular weight is 379 g/mol. The van der Waals surface area contributed by atoms with Gasteiger partial charge in [-0.1, -0.05) is 44.2 Å². The molecule has 1 aromatic rings. The summed E-state index contributed by atoms with van der Waals surface area (Å²) in [5.74, 6) is -2.27. The van der Waals surface area contributed by atoms with E-state index in [0.29, 0.717) is 6.42 Å². The standard InChI is InChI=1S/C18H25N3O6/c1-12(2)8-14(17(25)20-9-15(22)19-10-16(23)24)21-18(26)27-11-13-6-4-3-5-7-13/h3-7,12,14H,8-11H2,1-2H3,(H,19,22)(H,20,25)(H,21,26)(H,23,24). The van der Waals surface area contributed by atoms with Crippen LogP contribution in [0.25, 0.3) is 0 Å². The van der Waals surface area contributed by atoms with E-state index in [0.717, 1.165) is 5.56 Å². The van der Waals surface area contributed by atoms with Crippen molar-refractivity contribution < 1.29 is 29.0 Å². The van der Waals surface area contributed by atoms with E-state index >= 15 is 0 Å². The Labute approximate surface area is 157 Å². The number of rotatable bonds is 10. The number of benzene rings is 1. The van der Waals surface area contributed by atoms with Crippen LogP contribution in [0.5, 0.6) is 0 Å². The molecule has 0 saturated heterocycles. The van der Waals surface area contributed by atoms with Crippen molar-refractivity contribution in [2.75, 3.05) is 13.1 Å². The van der Waals surface area contributed by atoms with Gasteiger partial charge in [0, 0.05) is 0 Å². The number of carboxylic acid groups (broad SMARTS) is 1. The van der Waals surface area contributed by atoms with Crippen LogP contribution in [-0.4, -0.2) is 48.1 Å². The highest BCUT2D eigenvalue weighted by Gasteiger charge is 2.23. The molecular weight excluding hydrogens is 354 g/mol. The highest BCUT2D eigenvalue weighted by molar-refractivity contribution is 5.90. The molecule has 27 heavy (non-hydrogen) atoms. The third kappa shape index (κ3) is 9.83. The molecule has 148 valence electrons. The van der Waals surface area contributed by atoms with Gasteiger partial charge in [-0.05, 0) is 17.9 Å². The van der Waals surface area contributed by atoms with Crippen LogP contribution in [0.15, 0.2) is 30.3 Å². The van der Waals surface area contributed by atoms with Gasteiger partial charge < -0.3 is 25.8 Å². The lowest BCUT2D eigenvalue weighted by Crippen LogP contribution is -2.49. The van der Waals surface area contributed by atoms with Gasteiger partial charge in [-0.25, -0.2) is 4.79 Å². The Morgan fingerprint density at radius 3 is 2.30 bits per heavy atom. The molecule has 0 aliphatic carbocycles. The predicted octanol–water partition coefficient (Wildman–Crippen LogP) is 0.645. The summed E-state index contributed by atoms with van der Waals surface area (Å²) in [5, 5.41) is 15.5. The second kappa shape index (κ2) is 11.5. The number of hydrogen-bond donors (Lipinski definition) is 4. The number of carboxylic acids is 1. The second-order valence-corrected chi connectivity index (χ2v) is 6.28. The van der Waals surface area contributed by atoms with Gasteiger partial charge in [-0.2, -0.15) is 0 Å². The van der Waals surface area contributed by atoms with E-state index in [9.17, 15) is 19.2 Å². The molecule has 0 bridgehead atoms. The quantitative estimate of drug-likeness (QED) is 0.471. The first-order valence-corrected chi connectivity index (χ1v) is 8.51. The lowest BCUT2D eigenvalue weighted by Gasteiger charge is -2.20. The molecular formula is C18H25N3O6. The molecule has 0 aromatic heterocycles. The van der Waals surface area contributed by atoms with Crippen molar-refractivity contribution >= 4 is 23.9 Å². The van der Waals surface area contributed by atoms with Crippen LogP contribution in [0, 0.1) is 5.92 Å². The molecule has 1 unspecified atom stereocenters. The summed E-state index contributed by atoms with van der Waals surface area (Å²) in [7, 11) is 0. The molecule has 4 N–H and O–H groups in total. The van der Waals surface area contributed by atoms with Crippen LogP contribution < -0.4 is 16.0 Å². The SMILES string of the molecule is CC(C)CC(NC(=O)OCc1ccccc1)C(=O)NCC(=O)NCC(=O)O. The zero-order valence-corrected chi connectivity index (χ0v) is 15.4. The first kappa shape index (κ1) is 21.9. The monoisotopic (exact) mass is 379 g/mol. The molecule has 0 spiro atoms. The molecule has 1 atom stereocenters. The summed E-state index contributed by atoms with van der Waals surface area (Å²) in [4.78, 5) is 46.1. The van der Waals surface area contributed by atoms with Gasteiger partial charge in [-0.15, -0.1) is 0 Å². The summed E-state index contributed by atoms with van der Waals surface area (Å²) < 4.78 is 5.11. The van der Waals surface area contributed by atoms with Crippen LogP contribution in [0.1, 0.15) is 25.8 Å². The van der Waals surface area contributed by atoms with E-state index in [1.165, 1.54) is 0 Å². The first-order chi connectivity index (χ1) is 12.8. The maximum atomic E-state index is 12.3. The van der Waals surface area contributed by atoms with Gasteiger partial charge >= 0.3 is 12.1 Å². The van der Waals surface area contributed by atoms with Gasteiger partial charge in [0.05, 0.1) is 6.54 Å². The van der Waals surface area contributed by atoms with Crippen molar-refractivity contribution in [1.82, 2.24) is 16.0 Å². The lowest BCUT2D eigenvalue weighted by molar-refractivity contribution is -0.137. The topological polar surface area (TPSA) is 134 Å². The maximum Gasteiger partial charge on any atom is 0.408 e. The molecule has 0 aliphatic rings. The number of alkyl carbamates (subject to hydrolysis) is 1. The van der Waals surface area contributed by atoms with Crippen LogP contribution in [0.3, 0.4) is 0 Å². The smallest absolute Gasteiger partial charge is 0.408 e. The Balaban J connectivity index is 2.50. The number of ether oxygens (including phenoxy) is 1. The van der Waals surface area contributed by atoms with Crippen LogP contribution >= 0.6 is 0 Å². The van der Waals surface area contributed by atoms with E-state index in [4.69, 9.17) is 9.84 Å². The lowest BCUT2D eigenvalue weighted by atomic mass is 10.0. The van der Waals surface area contributed by atoms with Gasteiger partial charge in [0.2, 0.25) is 11.8 Å². The average Bonchev–Trinajstić information content (AvgIpc) is 2.62. The fourth-order valence-corrected chi connectivity index (χ4v) is 2.14. The third-order valence-corrected chi connectivity index (χ3v) is 3.39. The Morgan fingerprint density at radius 2 is 1.70 bits per heavy atom. The number of carbonyl (C=O) groups is 4. The maximum absolute atomic E-state index is 12.3. The minimum absolute atomic E-state index is 0.0697. The molecule has 0 fully saturated rings. The highest BCUT2D eigenvalue weighted by atomic mass is 16.5. The largest absolute Gasteiger partial charge is 0.480 e. The normalized spacial score (nSPS) is 11.4. The molecule has 0 heterocycles. The van der Waals surface area contributed by atoms with Gasteiger partial charge in [-0.3, -0.25) is 14.4 Å². The summed E-state index contributed by atoms with van der Waals surface area (Å²) in [5.41, 5.74) is 0.813. The third-order valence-electron chi connectivity index (χ3n) is 3.39. The molecule has 9 nitrogen and oxygen atoms in total. The van der Waals surface area contributed by atoms with E-state index in [-0.39, 0.29) is 19.1 Å². The van der Waals surface area contributed by atoms with Crippen LogP contribution in [-0.2, 0) is 25.7 Å². The summed E-state index contributed by atoms with van der Waals surface area (Å²) in [6.45, 7) is 2.92. The number of hydrogen-bond acceptors (Lipinski definition) is 5. The number of aliphatic carboxylic acids is 1. The van der Waals surface area contributed by atoms with Crippen LogP contribution in [0.4, 0.5) is 4.79 Å². The fraction of sp³-hybridized carbons (Fsp3) is 0.444. The first-order valence-electron chi connectivity index (χ1n) is 8.51. The number of amides is 3. The molecule has 3 amide bonds. The molecule has 9 heteroatoms. The second-order valence-electron chi connectivity index (χ2n) is 6.28. The molecule has 0 radical (unpaired) electrons. The Kier molecular flexibility index (Phi) is 9.35. The van der Waals surface area contributed by atoms with Crippen molar-refractivity contribution in [2.24, 2.45) is 5.92 Å². The Morgan fingerprint density at radius 1 is 1.04 bits per heavy atom. The predicted molar refractivity (Wildman–Crippen MR) is 96.7 cm³/mol. The Bertz CT molecular complexity index is 648. The number of nitrogens with one attached hydrogen (secondary N) is 3. The molecule has 0 aliphatic heterocycles. The molecule has 1 rings (SSSR count). The number of carbonyl (C=O) groups excluding carboxylic acids is 3. The van der Waals surface area contributed by atoms with Crippen LogP contribution in [0.2, 0.25) is 0 Å². The van der Waals surface area contributed by atoms with Crippen molar-refractivity contribution in [1.29, 1.82) is 0 Å². The highest BCUT2D eigenvalue weighted by Crippen LogP contribution is 2.06. The zero-order valence-electron chi connectivity index (χ0n) is 15.4. The molecule has 1 aromatic carbocycles. The fourth-order valence-electron chi connectivity index (χ4n) is 2.14. The van der Waals surface area contributed by atoms with E-state index < -0.39 is 36.5 Å². The van der Waals surface area contributed by atoms with Crippen molar-refractivity contribution in [3.05, 3.63) is 35.9 Å². The zero-order chi connectivity index (χ0) is 20.2. The molecule has 0 saturated carbocycles. The van der Waals surface area contributed by atoms with Gasteiger partial charge in [0.25, 0.3) is 0 Å². The minimum Gasteiger partial charge on any atom is -0.480 e. The van der Waals surface area contributed by atoms with E-state index in [1.54, 1.807) is 12.1 Å². The van der Waals surface area contributed by atoms with E-state index in [1.807, 2.05) is 32.0 Å². The Hall–Kier alpha value is -3.10. The minimum atomic E-state index is -1.19. The van der Waals surface area contributed by atoms with Gasteiger partial charge in [0.15, 0.2) is 0 Å². The van der Waals surface area contributed by atoms with Crippen molar-refractivity contribution in [3.63, 3.8) is 0 Å². The summed E-state index contributed by atoms with van der Waals surface area (Å²) >= 11 is 0. The van der Waals surface area contributed by atoms with E-state index in [2.05, 4.69) is 16.0 Å². The van der Waals surface area contributed by atoms with Crippen molar-refractivity contribution in [2.45, 2.75) is 32.9 Å².